The van der Waals surface area contributed by atoms with E-state index < -0.39 is 5.41 Å². The maximum atomic E-state index is 6.66. The summed E-state index contributed by atoms with van der Waals surface area (Å²) in [5, 5.41) is 2.45. The van der Waals surface area contributed by atoms with E-state index >= 15 is 0 Å². The molecule has 2 aliphatic rings. The fourth-order valence-electron chi connectivity index (χ4n) is 9.21. The molecule has 7 aromatic carbocycles. The summed E-state index contributed by atoms with van der Waals surface area (Å²) < 4.78 is 2.49. The van der Waals surface area contributed by atoms with Gasteiger partial charge in [0.15, 0.2) is 5.84 Å². The summed E-state index contributed by atoms with van der Waals surface area (Å²) in [6.45, 7) is 2.65. The molecule has 2 N–H and O–H groups in total. The van der Waals surface area contributed by atoms with Gasteiger partial charge in [-0.25, -0.2) is 4.99 Å². The third-order valence-corrected chi connectivity index (χ3v) is 11.7. The third-order valence-electron chi connectivity index (χ3n) is 11.7. The van der Waals surface area contributed by atoms with Crippen molar-refractivity contribution in [2.45, 2.75) is 25.3 Å². The maximum absolute atomic E-state index is 6.66. The van der Waals surface area contributed by atoms with Crippen molar-refractivity contribution in [2.24, 2.45) is 21.6 Å². The fraction of sp³-hybridized carbons (Fsp3) is 0.0943. The first-order valence-electron chi connectivity index (χ1n) is 19.8. The second kappa shape index (κ2) is 14.2. The smallest absolute Gasteiger partial charge is 0.157 e. The van der Waals surface area contributed by atoms with Gasteiger partial charge in [0.05, 0.1) is 23.0 Å². The molecule has 57 heavy (non-hydrogen) atoms. The van der Waals surface area contributed by atoms with Crippen molar-refractivity contribution in [3.63, 3.8) is 0 Å². The Labute approximate surface area is 333 Å². The van der Waals surface area contributed by atoms with Crippen LogP contribution in [0.2, 0.25) is 0 Å². The highest BCUT2D eigenvalue weighted by molar-refractivity contribution is 6.14. The van der Waals surface area contributed by atoms with Gasteiger partial charge in [-0.05, 0) is 69.5 Å². The zero-order valence-corrected chi connectivity index (χ0v) is 31.9. The van der Waals surface area contributed by atoms with Crippen molar-refractivity contribution in [2.75, 3.05) is 0 Å². The third kappa shape index (κ3) is 5.76. The molecule has 4 heteroatoms. The Morgan fingerprint density at radius 1 is 0.684 bits per heavy atom. The van der Waals surface area contributed by atoms with Gasteiger partial charge in [-0.2, -0.15) is 0 Å². The number of para-hydroxylation sites is 1. The average Bonchev–Trinajstić information content (AvgIpc) is 3.77. The molecule has 2 aliphatic carbocycles. The van der Waals surface area contributed by atoms with Crippen LogP contribution in [0.4, 0.5) is 0 Å². The largest absolute Gasteiger partial charge is 0.383 e. The lowest BCUT2D eigenvalue weighted by molar-refractivity contribution is 0.722. The first kappa shape index (κ1) is 34.5. The predicted molar refractivity (Wildman–Crippen MR) is 237 cm³/mol. The number of rotatable bonds is 7. The van der Waals surface area contributed by atoms with Crippen LogP contribution >= 0.6 is 0 Å². The molecule has 0 bridgehead atoms. The van der Waals surface area contributed by atoms with Gasteiger partial charge < -0.3 is 10.3 Å². The summed E-state index contributed by atoms with van der Waals surface area (Å²) in [5.41, 5.74) is 20.3. The van der Waals surface area contributed by atoms with Crippen molar-refractivity contribution in [1.82, 2.24) is 4.57 Å². The molecule has 1 atom stereocenters. The van der Waals surface area contributed by atoms with Crippen LogP contribution in [0.1, 0.15) is 46.7 Å². The minimum atomic E-state index is -0.550. The quantitative estimate of drug-likeness (QED) is 0.129. The van der Waals surface area contributed by atoms with Crippen LogP contribution < -0.4 is 5.73 Å². The molecule has 274 valence electrons. The molecular weight excluding hydrogens is 693 g/mol. The Hall–Kier alpha value is -7.04. The minimum absolute atomic E-state index is 0.417. The van der Waals surface area contributed by atoms with Gasteiger partial charge in [-0.1, -0.05) is 183 Å². The molecule has 0 fully saturated rings. The summed E-state index contributed by atoms with van der Waals surface area (Å²) in [5.74, 6) is 1.56. The molecule has 10 rings (SSSR count). The summed E-state index contributed by atoms with van der Waals surface area (Å²) in [6, 6.07) is 63.5. The first-order valence-corrected chi connectivity index (χ1v) is 19.8. The highest BCUT2D eigenvalue weighted by atomic mass is 15.0. The van der Waals surface area contributed by atoms with Crippen molar-refractivity contribution in [3.05, 3.63) is 233 Å². The van der Waals surface area contributed by atoms with E-state index in [0.29, 0.717) is 24.1 Å². The zero-order valence-electron chi connectivity index (χ0n) is 31.9. The summed E-state index contributed by atoms with van der Waals surface area (Å²) >= 11 is 0. The number of aliphatic imine (C=N–C) groups is 2. The van der Waals surface area contributed by atoms with Crippen molar-refractivity contribution < 1.29 is 0 Å². The number of benzene rings is 7. The number of allylic oxidation sites excluding steroid dienone is 3. The molecule has 0 amide bonds. The lowest BCUT2D eigenvalue weighted by Crippen LogP contribution is -2.29. The second-order valence-corrected chi connectivity index (χ2v) is 15.2. The molecule has 0 aliphatic heterocycles. The molecule has 4 nitrogen and oxygen atoms in total. The Balaban J connectivity index is 1.19. The lowest BCUT2D eigenvalue weighted by atomic mass is 9.67. The van der Waals surface area contributed by atoms with E-state index in [1.807, 2.05) is 30.3 Å². The monoisotopic (exact) mass is 734 g/mol. The van der Waals surface area contributed by atoms with E-state index in [1.54, 1.807) is 0 Å². The molecule has 1 heterocycles. The molecule has 0 radical (unpaired) electrons. The molecule has 8 aromatic rings. The van der Waals surface area contributed by atoms with E-state index in [0.717, 1.165) is 28.8 Å². The predicted octanol–water partition coefficient (Wildman–Crippen LogP) is 12.0. The van der Waals surface area contributed by atoms with Crippen LogP contribution in [0.25, 0.3) is 38.6 Å². The zero-order chi connectivity index (χ0) is 38.3. The standard InChI is InChI=1S/C53H42N4/c1-36-17-15-21-39(33-36)51(54)56-52(38-19-5-2-6-20-38)55-35-37-18-16-26-42(34-37)57-48-30-14-12-28-44(48)46-32-31-45-43-27-11-13-29-47(43)53(49(45)50(46)57,40-22-7-3-8-23-40)41-24-9-4-10-25-41/h2-32,34,36H,33,35H2,1H3,(H2,54,55,56). The number of aromatic nitrogens is 1. The fourth-order valence-corrected chi connectivity index (χ4v) is 9.21. The Bertz CT molecular complexity index is 2870. The van der Waals surface area contributed by atoms with Gasteiger partial charge in [-0.3, -0.25) is 4.99 Å². The van der Waals surface area contributed by atoms with Crippen LogP contribution in [0, 0.1) is 5.92 Å². The maximum Gasteiger partial charge on any atom is 0.157 e. The van der Waals surface area contributed by atoms with Gasteiger partial charge >= 0.3 is 0 Å². The minimum Gasteiger partial charge on any atom is -0.383 e. The van der Waals surface area contributed by atoms with Crippen LogP contribution in [0.5, 0.6) is 0 Å². The molecule has 0 saturated carbocycles. The number of hydrogen-bond donors (Lipinski definition) is 1. The van der Waals surface area contributed by atoms with Crippen molar-refractivity contribution >= 4 is 33.5 Å². The molecule has 1 unspecified atom stereocenters. The van der Waals surface area contributed by atoms with Crippen molar-refractivity contribution in [1.29, 1.82) is 0 Å². The SMILES string of the molecule is CC1C=CC=C(C(N)=NC(=NCc2cccc(-n3c4ccccc4c4ccc5c(c43)C(c3ccccc3)(c3ccccc3)c3ccccc3-5)c2)c2ccccc2)C1. The van der Waals surface area contributed by atoms with E-state index in [1.165, 1.54) is 55.2 Å². The molecule has 0 spiro atoms. The van der Waals surface area contributed by atoms with E-state index in [4.69, 9.17) is 15.7 Å². The summed E-state index contributed by atoms with van der Waals surface area (Å²) in [4.78, 5) is 10.1. The van der Waals surface area contributed by atoms with Gasteiger partial charge in [0.25, 0.3) is 0 Å². The van der Waals surface area contributed by atoms with Gasteiger partial charge in [0.2, 0.25) is 0 Å². The normalized spacial score (nSPS) is 16.1. The van der Waals surface area contributed by atoms with E-state index in [9.17, 15) is 0 Å². The summed E-state index contributed by atoms with van der Waals surface area (Å²) in [7, 11) is 0. The topological polar surface area (TPSA) is 55.7 Å². The average molecular weight is 735 g/mol. The number of nitrogens with zero attached hydrogens (tertiary/aromatic N) is 3. The van der Waals surface area contributed by atoms with Crippen LogP contribution in [0.3, 0.4) is 0 Å². The number of nitrogens with two attached hydrogens (primary N) is 1. The molecule has 0 saturated heterocycles. The van der Waals surface area contributed by atoms with Gasteiger partial charge in [-0.15, -0.1) is 0 Å². The molecule has 1 aromatic heterocycles. The number of amidine groups is 2. The van der Waals surface area contributed by atoms with E-state index in [2.05, 4.69) is 175 Å². The number of hydrogen-bond acceptors (Lipinski definition) is 1. The van der Waals surface area contributed by atoms with Crippen LogP contribution in [0.15, 0.2) is 210 Å². The van der Waals surface area contributed by atoms with Gasteiger partial charge in [0.1, 0.15) is 5.84 Å². The Kier molecular flexibility index (Phi) is 8.60. The lowest BCUT2D eigenvalue weighted by Gasteiger charge is -2.34. The number of fused-ring (bicyclic) bond motifs is 7. The first-order chi connectivity index (χ1) is 28.1. The molecular formula is C53H42N4. The highest BCUT2D eigenvalue weighted by Gasteiger charge is 2.48. The Morgan fingerprint density at radius 2 is 1.37 bits per heavy atom. The second-order valence-electron chi connectivity index (χ2n) is 15.2. The Morgan fingerprint density at radius 3 is 2.12 bits per heavy atom. The van der Waals surface area contributed by atoms with Gasteiger partial charge in [0, 0.05) is 27.6 Å². The van der Waals surface area contributed by atoms with Crippen molar-refractivity contribution in [3.8, 4) is 16.8 Å². The summed E-state index contributed by atoms with van der Waals surface area (Å²) in [6.07, 6.45) is 7.20. The van der Waals surface area contributed by atoms with Crippen LogP contribution in [-0.4, -0.2) is 16.2 Å². The van der Waals surface area contributed by atoms with Crippen LogP contribution in [-0.2, 0) is 12.0 Å². The van der Waals surface area contributed by atoms with E-state index in [-0.39, 0.29) is 0 Å². The highest BCUT2D eigenvalue weighted by Crippen LogP contribution is 2.59.